The van der Waals surface area contributed by atoms with Crippen molar-refractivity contribution >= 4 is 35.4 Å². The zero-order valence-electron chi connectivity index (χ0n) is 29.5. The predicted octanol–water partition coefficient (Wildman–Crippen LogP) is 1.53. The second-order valence-electron chi connectivity index (χ2n) is 13.3. The number of aliphatic imine (C=N–C) groups is 1. The van der Waals surface area contributed by atoms with Gasteiger partial charge < -0.3 is 29.5 Å². The highest BCUT2D eigenvalue weighted by molar-refractivity contribution is 6.23. The van der Waals surface area contributed by atoms with E-state index in [4.69, 9.17) is 14.2 Å². The van der Waals surface area contributed by atoms with Crippen LogP contribution in [-0.4, -0.2) is 131 Å². The van der Waals surface area contributed by atoms with E-state index in [-0.39, 0.29) is 30.6 Å². The first-order chi connectivity index (χ1) is 22.2. The monoisotopic (exact) mass is 682 g/mol. The van der Waals surface area contributed by atoms with Gasteiger partial charge in [0.2, 0.25) is 17.6 Å². The SMILES string of the molecule is CC(=O)O[C@@H]([C@H](CCCN(O)N=O)NC(=O)[C@H]1N=C([C@H](C)N(C)C)O[C@@H]1C)C(C)(C)C(=O)O[C@H](C(=O)C1=C(O)[C@H](C)N(C)C1=O)C(C)C. The Morgan fingerprint density at radius 3 is 2.23 bits per heavy atom. The summed E-state index contributed by atoms with van der Waals surface area (Å²) in [4.78, 5) is 84.5. The van der Waals surface area contributed by atoms with Crippen molar-refractivity contribution in [3.05, 3.63) is 16.2 Å². The minimum atomic E-state index is -1.73. The summed E-state index contributed by atoms with van der Waals surface area (Å²) in [6.45, 7) is 11.9. The number of ether oxygens (including phenoxy) is 3. The minimum absolute atomic E-state index is 0.0222. The molecule has 48 heavy (non-hydrogen) atoms. The first-order valence-electron chi connectivity index (χ1n) is 15.8. The van der Waals surface area contributed by atoms with Crippen LogP contribution in [0.15, 0.2) is 21.6 Å². The molecule has 2 rings (SSSR count). The number of aliphatic hydroxyl groups is 1. The van der Waals surface area contributed by atoms with E-state index in [1.165, 1.54) is 25.8 Å². The average Bonchev–Trinajstić information content (AvgIpc) is 3.48. The number of hydrogen-bond acceptors (Lipinski definition) is 14. The van der Waals surface area contributed by atoms with Crippen molar-refractivity contribution in [2.45, 2.75) is 111 Å². The number of hydroxylamine groups is 1. The molecule has 0 aromatic carbocycles. The van der Waals surface area contributed by atoms with E-state index >= 15 is 0 Å². The maximum Gasteiger partial charge on any atom is 0.316 e. The fourth-order valence-electron chi connectivity index (χ4n) is 5.30. The topological polar surface area (TPSA) is 217 Å². The Morgan fingerprint density at radius 2 is 1.75 bits per heavy atom. The van der Waals surface area contributed by atoms with Crippen LogP contribution in [0.25, 0.3) is 0 Å². The molecule has 0 aliphatic carbocycles. The lowest BCUT2D eigenvalue weighted by atomic mass is 9.80. The number of nitrogens with zero attached hydrogens (tertiary/aromatic N) is 5. The molecule has 7 atom stereocenters. The van der Waals surface area contributed by atoms with Gasteiger partial charge in [-0.05, 0) is 67.5 Å². The summed E-state index contributed by atoms with van der Waals surface area (Å²) in [5, 5.41) is 25.5. The summed E-state index contributed by atoms with van der Waals surface area (Å²) < 4.78 is 17.2. The van der Waals surface area contributed by atoms with Gasteiger partial charge in [0.05, 0.1) is 30.0 Å². The van der Waals surface area contributed by atoms with Crippen molar-refractivity contribution in [2.24, 2.45) is 21.6 Å². The van der Waals surface area contributed by atoms with Gasteiger partial charge in [-0.25, -0.2) is 4.99 Å². The third kappa shape index (κ3) is 9.06. The maximum absolute atomic E-state index is 13.9. The molecule has 2 aliphatic rings. The van der Waals surface area contributed by atoms with Crippen LogP contribution in [0.1, 0.15) is 68.2 Å². The number of aliphatic hydroxyl groups excluding tert-OH is 1. The molecule has 17 heteroatoms. The number of Topliss-reactive ketones (excluding diaryl/α,β-unsaturated/α-hetero) is 1. The van der Waals surface area contributed by atoms with Crippen molar-refractivity contribution in [3.63, 3.8) is 0 Å². The number of likely N-dealkylation sites (N-methyl/N-ethyl adjacent to an activating group) is 2. The fraction of sp³-hybridized carbons (Fsp3) is 0.742. The van der Waals surface area contributed by atoms with Crippen molar-refractivity contribution in [1.82, 2.24) is 20.3 Å². The molecule has 270 valence electrons. The summed E-state index contributed by atoms with van der Waals surface area (Å²) in [7, 11) is 5.08. The van der Waals surface area contributed by atoms with Crippen LogP contribution in [0.3, 0.4) is 0 Å². The van der Waals surface area contributed by atoms with Crippen LogP contribution >= 0.6 is 0 Å². The highest BCUT2D eigenvalue weighted by atomic mass is 16.6. The first kappa shape index (κ1) is 40.1. The van der Waals surface area contributed by atoms with Crippen LogP contribution in [0.4, 0.5) is 0 Å². The van der Waals surface area contributed by atoms with E-state index in [1.807, 2.05) is 25.9 Å². The van der Waals surface area contributed by atoms with Gasteiger partial charge >= 0.3 is 11.9 Å². The molecule has 17 nitrogen and oxygen atoms in total. The van der Waals surface area contributed by atoms with Gasteiger partial charge in [0.1, 0.15) is 29.0 Å². The third-order valence-electron chi connectivity index (χ3n) is 8.72. The molecular formula is C31H50N6O11. The van der Waals surface area contributed by atoms with Gasteiger partial charge in [-0.3, -0.25) is 34.1 Å². The summed E-state index contributed by atoms with van der Waals surface area (Å²) in [6.07, 6.45) is -3.52. The smallest absolute Gasteiger partial charge is 0.316 e. The number of rotatable bonds is 17. The Balaban J connectivity index is 2.47. The Hall–Kier alpha value is -4.12. The summed E-state index contributed by atoms with van der Waals surface area (Å²) in [5.74, 6) is -4.72. The van der Waals surface area contributed by atoms with Crippen LogP contribution in [-0.2, 0) is 38.2 Å². The van der Waals surface area contributed by atoms with Crippen molar-refractivity contribution < 1.29 is 48.5 Å². The van der Waals surface area contributed by atoms with Crippen LogP contribution < -0.4 is 5.32 Å². The maximum atomic E-state index is 13.9. The normalized spacial score (nSPS) is 22.1. The Morgan fingerprint density at radius 1 is 1.15 bits per heavy atom. The number of nitroso groups, excluding NO2 is 1. The second kappa shape index (κ2) is 16.3. The zero-order valence-corrected chi connectivity index (χ0v) is 29.5. The number of amides is 2. The van der Waals surface area contributed by atoms with Crippen molar-refractivity contribution in [3.8, 4) is 0 Å². The van der Waals surface area contributed by atoms with E-state index in [0.29, 0.717) is 5.90 Å². The Kier molecular flexibility index (Phi) is 13.6. The standard InChI is InChI=1S/C31H50N6O11/c1-15(2)25(24(40)21-23(39)16(3)36(11)29(21)42)48-30(43)31(7,8)26(47-19(6)38)20(13-12-14-37(45)34-44)32-27(41)22-18(5)46-28(33-22)17(4)35(9)10/h15-18,20,22,25-26,39,45H,12-14H2,1-11H3,(H,32,41)/t16-,17-,18+,20-,22-,25-,26-/m0/s1. The van der Waals surface area contributed by atoms with Crippen molar-refractivity contribution in [1.29, 1.82) is 0 Å². The lowest BCUT2D eigenvalue weighted by Gasteiger charge is -2.38. The number of nitrogens with one attached hydrogen (secondary N) is 1. The van der Waals surface area contributed by atoms with Crippen LogP contribution in [0, 0.1) is 16.2 Å². The van der Waals surface area contributed by atoms with Crippen LogP contribution in [0.5, 0.6) is 0 Å². The Bertz CT molecular complexity index is 1310. The van der Waals surface area contributed by atoms with Gasteiger partial charge in [0.25, 0.3) is 5.91 Å². The number of hydrogen-bond donors (Lipinski definition) is 3. The summed E-state index contributed by atoms with van der Waals surface area (Å²) in [5.41, 5.74) is -2.21. The number of carbonyl (C=O) groups is 5. The Labute approximate surface area is 280 Å². The molecule has 0 radical (unpaired) electrons. The highest BCUT2D eigenvalue weighted by Gasteiger charge is 2.49. The van der Waals surface area contributed by atoms with Gasteiger partial charge in [0.15, 0.2) is 12.1 Å². The van der Waals surface area contributed by atoms with E-state index in [9.17, 15) is 39.2 Å². The molecule has 2 heterocycles. The second-order valence-corrected chi connectivity index (χ2v) is 13.3. The molecule has 0 unspecified atom stereocenters. The zero-order chi connectivity index (χ0) is 36.8. The van der Waals surface area contributed by atoms with E-state index < -0.39 is 88.6 Å². The van der Waals surface area contributed by atoms with Gasteiger partial charge in [-0.2, -0.15) is 0 Å². The lowest BCUT2D eigenvalue weighted by Crippen LogP contribution is -2.57. The molecule has 0 saturated carbocycles. The third-order valence-corrected chi connectivity index (χ3v) is 8.72. The van der Waals surface area contributed by atoms with Crippen LogP contribution in [0.2, 0.25) is 0 Å². The number of carbonyl (C=O) groups excluding carboxylic acids is 5. The number of ketones is 1. The predicted molar refractivity (Wildman–Crippen MR) is 171 cm³/mol. The quantitative estimate of drug-likeness (QED) is 0.0859. The highest BCUT2D eigenvalue weighted by Crippen LogP contribution is 2.33. The minimum Gasteiger partial charge on any atom is -0.509 e. The molecule has 0 fully saturated rings. The average molecular weight is 683 g/mol. The first-order valence-corrected chi connectivity index (χ1v) is 15.8. The number of esters is 2. The molecular weight excluding hydrogens is 632 g/mol. The molecule has 0 aromatic rings. The molecule has 3 N–H and O–H groups in total. The summed E-state index contributed by atoms with van der Waals surface area (Å²) >= 11 is 0. The van der Waals surface area contributed by atoms with Gasteiger partial charge in [-0.1, -0.05) is 13.8 Å². The van der Waals surface area contributed by atoms with Gasteiger partial charge in [-0.15, -0.1) is 10.1 Å². The molecule has 0 bridgehead atoms. The molecule has 0 spiro atoms. The van der Waals surface area contributed by atoms with Gasteiger partial charge in [0, 0.05) is 14.0 Å². The largest absolute Gasteiger partial charge is 0.509 e. The molecule has 2 amide bonds. The summed E-state index contributed by atoms with van der Waals surface area (Å²) in [6, 6.07) is -3.07. The molecule has 0 aromatic heterocycles. The van der Waals surface area contributed by atoms with E-state index in [2.05, 4.69) is 15.6 Å². The molecule has 2 aliphatic heterocycles. The van der Waals surface area contributed by atoms with E-state index in [1.54, 1.807) is 27.7 Å². The lowest BCUT2D eigenvalue weighted by molar-refractivity contribution is -0.179. The molecule has 0 saturated heterocycles. The van der Waals surface area contributed by atoms with E-state index in [0.717, 1.165) is 6.92 Å². The fourth-order valence-corrected chi connectivity index (χ4v) is 5.30. The van der Waals surface area contributed by atoms with Crippen molar-refractivity contribution in [2.75, 3.05) is 27.7 Å².